The summed E-state index contributed by atoms with van der Waals surface area (Å²) in [6, 6.07) is 27.7. The van der Waals surface area contributed by atoms with Gasteiger partial charge in [0.05, 0.1) is 6.21 Å². The molecule has 1 amide bonds. The lowest BCUT2D eigenvalue weighted by Gasteiger charge is -2.09. The van der Waals surface area contributed by atoms with Crippen molar-refractivity contribution in [3.8, 4) is 11.5 Å². The Balaban J connectivity index is 1.24. The number of carbonyl (C=O) groups excluding carboxylic acids is 1. The second-order valence-electron chi connectivity index (χ2n) is 8.09. The Morgan fingerprint density at radius 2 is 1.47 bits per heavy atom. The van der Waals surface area contributed by atoms with Gasteiger partial charge in [-0.15, -0.1) is 0 Å². The summed E-state index contributed by atoms with van der Waals surface area (Å²) < 4.78 is 11.6. The molecule has 0 atom stereocenters. The quantitative estimate of drug-likeness (QED) is 0.188. The molecule has 1 N–H and O–H groups in total. The molecule has 0 saturated carbocycles. The monoisotopic (exact) mass is 518 g/mol. The Kier molecular flexibility index (Phi) is 8.61. The molecule has 0 aliphatic heterocycles. The minimum Gasteiger partial charge on any atom is -0.489 e. The normalized spacial score (nSPS) is 10.9. The fourth-order valence-corrected chi connectivity index (χ4v) is 3.70. The van der Waals surface area contributed by atoms with Crippen LogP contribution in [0.5, 0.6) is 11.5 Å². The van der Waals surface area contributed by atoms with Crippen LogP contribution in [0.2, 0.25) is 10.0 Å². The van der Waals surface area contributed by atoms with E-state index < -0.39 is 0 Å². The SMILES string of the molecule is Cc1ccc(COc2ccc(/C=N\NC(=O)c3ccc(OCc4ccc(Cl)cc4Cl)cc3)cc2)cc1. The van der Waals surface area contributed by atoms with Crippen LogP contribution in [-0.4, -0.2) is 12.1 Å². The van der Waals surface area contributed by atoms with E-state index in [4.69, 9.17) is 32.7 Å². The number of amides is 1. The molecule has 0 radical (unpaired) electrons. The van der Waals surface area contributed by atoms with Crippen molar-refractivity contribution in [3.63, 3.8) is 0 Å². The Morgan fingerprint density at radius 3 is 2.14 bits per heavy atom. The van der Waals surface area contributed by atoms with Crippen molar-refractivity contribution in [3.05, 3.63) is 129 Å². The summed E-state index contributed by atoms with van der Waals surface area (Å²) >= 11 is 12.1. The largest absolute Gasteiger partial charge is 0.489 e. The molecular weight excluding hydrogens is 495 g/mol. The molecule has 0 aliphatic rings. The molecule has 0 unspecified atom stereocenters. The van der Waals surface area contributed by atoms with Crippen LogP contribution in [0.4, 0.5) is 0 Å². The zero-order chi connectivity index (χ0) is 25.3. The molecule has 4 aromatic carbocycles. The maximum atomic E-state index is 12.4. The highest BCUT2D eigenvalue weighted by atomic mass is 35.5. The molecule has 0 aliphatic carbocycles. The third-order valence-corrected chi connectivity index (χ3v) is 5.90. The smallest absolute Gasteiger partial charge is 0.271 e. The van der Waals surface area contributed by atoms with E-state index in [1.54, 1.807) is 42.6 Å². The summed E-state index contributed by atoms with van der Waals surface area (Å²) in [7, 11) is 0. The van der Waals surface area contributed by atoms with Crippen LogP contribution in [0.15, 0.2) is 96.1 Å². The number of hydrogen-bond donors (Lipinski definition) is 1. The van der Waals surface area contributed by atoms with E-state index in [9.17, 15) is 4.79 Å². The van der Waals surface area contributed by atoms with Gasteiger partial charge in [0.2, 0.25) is 0 Å². The molecule has 0 saturated heterocycles. The molecule has 0 heterocycles. The number of nitrogens with one attached hydrogen (secondary N) is 1. The fraction of sp³-hybridized carbons (Fsp3) is 0.103. The minimum atomic E-state index is -0.323. The fourth-order valence-electron chi connectivity index (χ4n) is 3.23. The highest BCUT2D eigenvalue weighted by Gasteiger charge is 2.06. The predicted molar refractivity (Wildman–Crippen MR) is 144 cm³/mol. The lowest BCUT2D eigenvalue weighted by atomic mass is 10.2. The maximum Gasteiger partial charge on any atom is 0.271 e. The lowest BCUT2D eigenvalue weighted by Crippen LogP contribution is -2.17. The van der Waals surface area contributed by atoms with Gasteiger partial charge in [0.15, 0.2) is 0 Å². The van der Waals surface area contributed by atoms with Crippen molar-refractivity contribution in [1.29, 1.82) is 0 Å². The molecule has 0 spiro atoms. The molecule has 5 nitrogen and oxygen atoms in total. The Morgan fingerprint density at radius 1 is 0.833 bits per heavy atom. The van der Waals surface area contributed by atoms with Crippen LogP contribution in [0.25, 0.3) is 0 Å². The number of hydrazone groups is 1. The standard InChI is InChI=1S/C29H24Cl2N2O3/c1-20-2-4-22(5-3-20)18-35-26-12-6-21(7-13-26)17-32-33-29(34)23-9-14-27(15-10-23)36-19-24-8-11-25(30)16-28(24)31/h2-17H,18-19H2,1H3,(H,33,34)/b32-17-. The van der Waals surface area contributed by atoms with Crippen molar-refractivity contribution in [2.75, 3.05) is 0 Å². The topological polar surface area (TPSA) is 59.9 Å². The molecule has 7 heteroatoms. The van der Waals surface area contributed by atoms with Gasteiger partial charge in [-0.2, -0.15) is 5.10 Å². The van der Waals surface area contributed by atoms with Gasteiger partial charge in [-0.25, -0.2) is 5.43 Å². The highest BCUT2D eigenvalue weighted by Crippen LogP contribution is 2.23. The van der Waals surface area contributed by atoms with Gasteiger partial charge in [-0.05, 0) is 78.7 Å². The number of benzene rings is 4. The van der Waals surface area contributed by atoms with Crippen molar-refractivity contribution >= 4 is 35.3 Å². The van der Waals surface area contributed by atoms with Gasteiger partial charge in [-0.1, -0.05) is 59.1 Å². The zero-order valence-electron chi connectivity index (χ0n) is 19.6. The third-order valence-electron chi connectivity index (χ3n) is 5.31. The van der Waals surface area contributed by atoms with E-state index >= 15 is 0 Å². The van der Waals surface area contributed by atoms with Crippen LogP contribution in [-0.2, 0) is 13.2 Å². The van der Waals surface area contributed by atoms with Crippen molar-refractivity contribution in [1.82, 2.24) is 5.43 Å². The first-order valence-corrected chi connectivity index (χ1v) is 12.0. The van der Waals surface area contributed by atoms with Gasteiger partial charge in [-0.3, -0.25) is 4.79 Å². The van der Waals surface area contributed by atoms with Crippen molar-refractivity contribution in [2.45, 2.75) is 20.1 Å². The number of nitrogens with zero attached hydrogens (tertiary/aromatic N) is 1. The van der Waals surface area contributed by atoms with Crippen LogP contribution in [0, 0.1) is 6.92 Å². The molecule has 0 aromatic heterocycles. The van der Waals surface area contributed by atoms with Gasteiger partial charge < -0.3 is 9.47 Å². The highest BCUT2D eigenvalue weighted by molar-refractivity contribution is 6.35. The first-order valence-electron chi connectivity index (χ1n) is 11.2. The summed E-state index contributed by atoms with van der Waals surface area (Å²) in [5, 5.41) is 5.16. The number of rotatable bonds is 9. The summed E-state index contributed by atoms with van der Waals surface area (Å²) in [4.78, 5) is 12.4. The number of ether oxygens (including phenoxy) is 2. The molecule has 4 rings (SSSR count). The van der Waals surface area contributed by atoms with E-state index in [1.807, 2.05) is 30.3 Å². The number of carbonyl (C=O) groups is 1. The zero-order valence-corrected chi connectivity index (χ0v) is 21.1. The summed E-state index contributed by atoms with van der Waals surface area (Å²) in [5.74, 6) is 1.06. The molecule has 182 valence electrons. The maximum absolute atomic E-state index is 12.4. The first kappa shape index (κ1) is 25.3. The van der Waals surface area contributed by atoms with Crippen molar-refractivity contribution in [2.24, 2.45) is 5.10 Å². The molecule has 0 bridgehead atoms. The van der Waals surface area contributed by atoms with E-state index in [0.29, 0.717) is 34.6 Å². The van der Waals surface area contributed by atoms with E-state index in [-0.39, 0.29) is 5.91 Å². The van der Waals surface area contributed by atoms with E-state index in [0.717, 1.165) is 22.4 Å². The number of hydrogen-bond acceptors (Lipinski definition) is 4. The predicted octanol–water partition coefficient (Wildman–Crippen LogP) is 7.22. The number of aryl methyl sites for hydroxylation is 1. The average Bonchev–Trinajstić information content (AvgIpc) is 2.89. The van der Waals surface area contributed by atoms with E-state index in [1.165, 1.54) is 5.56 Å². The second-order valence-corrected chi connectivity index (χ2v) is 8.93. The molecule has 36 heavy (non-hydrogen) atoms. The third kappa shape index (κ3) is 7.35. The summed E-state index contributed by atoms with van der Waals surface area (Å²) in [5.41, 5.74) is 6.98. The summed E-state index contributed by atoms with van der Waals surface area (Å²) in [6.45, 7) is 2.85. The van der Waals surface area contributed by atoms with Crippen LogP contribution < -0.4 is 14.9 Å². The van der Waals surface area contributed by atoms with E-state index in [2.05, 4.69) is 41.7 Å². The Hall–Kier alpha value is -3.80. The van der Waals surface area contributed by atoms with Gasteiger partial charge in [0.1, 0.15) is 24.7 Å². The van der Waals surface area contributed by atoms with Crippen LogP contribution in [0.1, 0.15) is 32.6 Å². The average molecular weight is 519 g/mol. The van der Waals surface area contributed by atoms with Gasteiger partial charge in [0, 0.05) is 21.2 Å². The van der Waals surface area contributed by atoms with Crippen LogP contribution >= 0.6 is 23.2 Å². The van der Waals surface area contributed by atoms with Crippen molar-refractivity contribution < 1.29 is 14.3 Å². The summed E-state index contributed by atoms with van der Waals surface area (Å²) in [6.07, 6.45) is 1.58. The number of halogens is 2. The first-order chi connectivity index (χ1) is 17.5. The molecule has 4 aromatic rings. The Bertz CT molecular complexity index is 1340. The lowest BCUT2D eigenvalue weighted by molar-refractivity contribution is 0.0955. The van der Waals surface area contributed by atoms with Gasteiger partial charge in [0.25, 0.3) is 5.91 Å². The van der Waals surface area contributed by atoms with Gasteiger partial charge >= 0.3 is 0 Å². The second kappa shape index (κ2) is 12.2. The Labute approximate surface area is 220 Å². The molecule has 0 fully saturated rings. The van der Waals surface area contributed by atoms with Crippen LogP contribution in [0.3, 0.4) is 0 Å². The molecular formula is C29H24Cl2N2O3. The minimum absolute atomic E-state index is 0.293.